The average molecular weight is 327 g/mol. The van der Waals surface area contributed by atoms with E-state index in [1.807, 2.05) is 0 Å². The number of halogens is 1. The number of fused-ring (bicyclic) bond motifs is 3. The summed E-state index contributed by atoms with van der Waals surface area (Å²) in [5.74, 6) is 0. The minimum atomic E-state index is 0.238. The Balaban J connectivity index is 1.92. The van der Waals surface area contributed by atoms with Gasteiger partial charge in [-0.2, -0.15) is 0 Å². The van der Waals surface area contributed by atoms with Crippen molar-refractivity contribution in [3.05, 3.63) is 69.8 Å². The van der Waals surface area contributed by atoms with Gasteiger partial charge < -0.3 is 10.3 Å². The molecule has 0 radical (unpaired) electrons. The van der Waals surface area contributed by atoms with E-state index in [0.29, 0.717) is 0 Å². The highest BCUT2D eigenvalue weighted by Gasteiger charge is 2.25. The molecule has 2 nitrogen and oxygen atoms in total. The van der Waals surface area contributed by atoms with Gasteiger partial charge in [-0.3, -0.25) is 0 Å². The van der Waals surface area contributed by atoms with E-state index in [0.717, 1.165) is 17.4 Å². The number of aromatic nitrogens is 1. The second kappa shape index (κ2) is 4.76. The number of nitrogens with one attached hydrogen (secondary N) is 2. The van der Waals surface area contributed by atoms with Crippen LogP contribution in [0.15, 0.2) is 53.0 Å². The molecule has 2 aromatic carbocycles. The number of hydrogen-bond acceptors (Lipinski definition) is 1. The van der Waals surface area contributed by atoms with Gasteiger partial charge in [0.2, 0.25) is 0 Å². The van der Waals surface area contributed by atoms with E-state index in [1.165, 1.54) is 27.7 Å². The average Bonchev–Trinajstić information content (AvgIpc) is 2.86. The molecule has 1 aliphatic heterocycles. The smallest absolute Gasteiger partial charge is 0.0743 e. The zero-order valence-electron chi connectivity index (χ0n) is 11.0. The lowest BCUT2D eigenvalue weighted by molar-refractivity contribution is 0.559. The topological polar surface area (TPSA) is 27.8 Å². The van der Waals surface area contributed by atoms with Gasteiger partial charge >= 0.3 is 0 Å². The standard InChI is InChI=1S/C17H15BrN2/c18-14-7-3-1-6-13(14)16-17-12(9-10-19-16)11-5-2-4-8-15(11)20-17/h1-8,16,19-20H,9-10H2/t16-/m0/s1. The van der Waals surface area contributed by atoms with Gasteiger partial charge in [0.15, 0.2) is 0 Å². The monoisotopic (exact) mass is 326 g/mol. The van der Waals surface area contributed by atoms with Crippen LogP contribution in [0.2, 0.25) is 0 Å². The maximum atomic E-state index is 3.67. The Bertz CT molecular complexity index is 776. The lowest BCUT2D eigenvalue weighted by atomic mass is 9.94. The van der Waals surface area contributed by atoms with Crippen molar-refractivity contribution in [3.63, 3.8) is 0 Å². The lowest BCUT2D eigenvalue weighted by Gasteiger charge is -2.25. The highest BCUT2D eigenvalue weighted by Crippen LogP contribution is 2.35. The first-order valence-electron chi connectivity index (χ1n) is 6.92. The summed E-state index contributed by atoms with van der Waals surface area (Å²) in [6.45, 7) is 1.01. The van der Waals surface area contributed by atoms with E-state index in [-0.39, 0.29) is 6.04 Å². The number of benzene rings is 2. The Morgan fingerprint density at radius 1 is 1.00 bits per heavy atom. The molecular weight excluding hydrogens is 312 g/mol. The van der Waals surface area contributed by atoms with Crippen molar-refractivity contribution in [2.24, 2.45) is 0 Å². The highest BCUT2D eigenvalue weighted by molar-refractivity contribution is 9.10. The lowest BCUT2D eigenvalue weighted by Crippen LogP contribution is -2.30. The van der Waals surface area contributed by atoms with Crippen LogP contribution in [-0.2, 0) is 6.42 Å². The summed E-state index contributed by atoms with van der Waals surface area (Å²) in [4.78, 5) is 3.61. The summed E-state index contributed by atoms with van der Waals surface area (Å²) >= 11 is 3.67. The minimum absolute atomic E-state index is 0.238. The van der Waals surface area contributed by atoms with E-state index >= 15 is 0 Å². The fourth-order valence-electron chi connectivity index (χ4n) is 3.15. The van der Waals surface area contributed by atoms with Gasteiger partial charge in [0.1, 0.15) is 0 Å². The Morgan fingerprint density at radius 3 is 2.70 bits per heavy atom. The summed E-state index contributed by atoms with van der Waals surface area (Å²) < 4.78 is 1.16. The number of H-pyrrole nitrogens is 1. The molecule has 4 rings (SSSR count). The van der Waals surface area contributed by atoms with Crippen LogP contribution in [0.5, 0.6) is 0 Å². The van der Waals surface area contributed by atoms with Gasteiger partial charge in [-0.15, -0.1) is 0 Å². The summed E-state index contributed by atoms with van der Waals surface area (Å²) in [6.07, 6.45) is 1.08. The van der Waals surface area contributed by atoms with Crippen LogP contribution in [0.25, 0.3) is 10.9 Å². The van der Waals surface area contributed by atoms with Crippen LogP contribution in [0, 0.1) is 0 Å². The molecule has 3 heteroatoms. The Labute approximate surface area is 126 Å². The predicted octanol–water partition coefficient (Wildman–Crippen LogP) is 4.17. The molecule has 0 saturated heterocycles. The zero-order chi connectivity index (χ0) is 13.5. The summed E-state index contributed by atoms with van der Waals surface area (Å²) in [7, 11) is 0. The van der Waals surface area contributed by atoms with Crippen molar-refractivity contribution in [1.82, 2.24) is 10.3 Å². The van der Waals surface area contributed by atoms with Crippen molar-refractivity contribution in [3.8, 4) is 0 Å². The molecule has 1 atom stereocenters. The first-order valence-corrected chi connectivity index (χ1v) is 7.71. The van der Waals surface area contributed by atoms with E-state index in [1.54, 1.807) is 0 Å². The minimum Gasteiger partial charge on any atom is -0.357 e. The molecule has 0 aliphatic carbocycles. The molecule has 2 N–H and O–H groups in total. The summed E-state index contributed by atoms with van der Waals surface area (Å²) in [5.41, 5.74) is 5.29. The molecule has 0 unspecified atom stereocenters. The summed E-state index contributed by atoms with van der Waals surface area (Å²) in [5, 5.41) is 4.99. The third-order valence-corrected chi connectivity index (χ3v) is 4.80. The van der Waals surface area contributed by atoms with Gasteiger partial charge in [0.05, 0.1) is 6.04 Å². The van der Waals surface area contributed by atoms with E-state index < -0.39 is 0 Å². The molecule has 20 heavy (non-hydrogen) atoms. The number of para-hydroxylation sites is 1. The second-order valence-electron chi connectivity index (χ2n) is 5.22. The fraction of sp³-hybridized carbons (Fsp3) is 0.176. The van der Waals surface area contributed by atoms with Gasteiger partial charge in [-0.1, -0.05) is 52.3 Å². The maximum absolute atomic E-state index is 3.67. The first kappa shape index (κ1) is 12.2. The third kappa shape index (κ3) is 1.81. The first-order chi connectivity index (χ1) is 9.84. The van der Waals surface area contributed by atoms with Crippen LogP contribution in [0.3, 0.4) is 0 Å². The van der Waals surface area contributed by atoms with Crippen molar-refractivity contribution in [2.45, 2.75) is 12.5 Å². The number of rotatable bonds is 1. The highest BCUT2D eigenvalue weighted by atomic mass is 79.9. The van der Waals surface area contributed by atoms with Crippen LogP contribution in [-0.4, -0.2) is 11.5 Å². The van der Waals surface area contributed by atoms with Crippen LogP contribution < -0.4 is 5.32 Å². The molecule has 0 bridgehead atoms. The van der Waals surface area contributed by atoms with Gasteiger partial charge in [-0.05, 0) is 29.7 Å². The molecule has 2 heterocycles. The van der Waals surface area contributed by atoms with Crippen molar-refractivity contribution >= 4 is 26.8 Å². The fourth-order valence-corrected chi connectivity index (χ4v) is 3.67. The zero-order valence-corrected chi connectivity index (χ0v) is 12.6. The van der Waals surface area contributed by atoms with Gasteiger partial charge in [0, 0.05) is 27.6 Å². The maximum Gasteiger partial charge on any atom is 0.0743 e. The predicted molar refractivity (Wildman–Crippen MR) is 86.0 cm³/mol. The molecule has 1 aliphatic rings. The summed E-state index contributed by atoms with van der Waals surface area (Å²) in [6, 6.07) is 17.3. The van der Waals surface area contributed by atoms with Gasteiger partial charge in [-0.25, -0.2) is 0 Å². The van der Waals surface area contributed by atoms with E-state index in [9.17, 15) is 0 Å². The van der Waals surface area contributed by atoms with Crippen molar-refractivity contribution in [2.75, 3.05) is 6.54 Å². The van der Waals surface area contributed by atoms with E-state index in [2.05, 4.69) is 74.8 Å². The van der Waals surface area contributed by atoms with Crippen molar-refractivity contribution < 1.29 is 0 Å². The second-order valence-corrected chi connectivity index (χ2v) is 6.08. The molecule has 0 spiro atoms. The Morgan fingerprint density at radius 2 is 1.80 bits per heavy atom. The largest absolute Gasteiger partial charge is 0.357 e. The third-order valence-electron chi connectivity index (χ3n) is 4.08. The Kier molecular flexibility index (Phi) is 2.90. The molecule has 0 saturated carbocycles. The number of aromatic amines is 1. The van der Waals surface area contributed by atoms with Crippen LogP contribution >= 0.6 is 15.9 Å². The molecular formula is C17H15BrN2. The van der Waals surface area contributed by atoms with Gasteiger partial charge in [0.25, 0.3) is 0 Å². The van der Waals surface area contributed by atoms with E-state index in [4.69, 9.17) is 0 Å². The molecule has 0 fully saturated rings. The van der Waals surface area contributed by atoms with Crippen molar-refractivity contribution in [1.29, 1.82) is 0 Å². The molecule has 0 amide bonds. The normalized spacial score (nSPS) is 18.1. The molecule has 3 aromatic rings. The quantitative estimate of drug-likeness (QED) is 0.690. The molecule has 100 valence electrons. The van der Waals surface area contributed by atoms with Crippen LogP contribution in [0.4, 0.5) is 0 Å². The molecule has 1 aromatic heterocycles. The van der Waals surface area contributed by atoms with Crippen LogP contribution in [0.1, 0.15) is 22.9 Å². The number of hydrogen-bond donors (Lipinski definition) is 2. The Hall–Kier alpha value is -1.58. The SMILES string of the molecule is Brc1ccccc1[C@@H]1NCCc2c1[nH]c1ccccc21.